The molecule has 2 rings (SSSR count). The monoisotopic (exact) mass is 272 g/mol. The highest BCUT2D eigenvalue weighted by Gasteiger charge is 2.36. The number of hydrogen-bond acceptors (Lipinski definition) is 2. The van der Waals surface area contributed by atoms with Gasteiger partial charge in [0.2, 0.25) is 5.91 Å². The average Bonchev–Trinajstić information content (AvgIpc) is 2.81. The van der Waals surface area contributed by atoms with E-state index >= 15 is 0 Å². The Bertz CT molecular complexity index is 525. The number of carbonyl (C=O) groups excluding carboxylic acids is 2. The van der Waals surface area contributed by atoms with Gasteiger partial charge in [0.05, 0.1) is 12.1 Å². The third kappa shape index (κ3) is 2.90. The lowest BCUT2D eigenvalue weighted by molar-refractivity contribution is -0.125. The average molecular weight is 272 g/mol. The zero-order valence-electron chi connectivity index (χ0n) is 11.9. The Morgan fingerprint density at radius 2 is 2.05 bits per heavy atom. The first kappa shape index (κ1) is 14.3. The lowest BCUT2D eigenvalue weighted by Crippen LogP contribution is -2.46. The van der Waals surface area contributed by atoms with Gasteiger partial charge < -0.3 is 5.32 Å². The summed E-state index contributed by atoms with van der Waals surface area (Å²) in [7, 11) is 0. The van der Waals surface area contributed by atoms with Crippen LogP contribution in [0.2, 0.25) is 0 Å². The third-order valence-corrected chi connectivity index (χ3v) is 3.64. The van der Waals surface area contributed by atoms with Crippen LogP contribution in [0.3, 0.4) is 0 Å². The summed E-state index contributed by atoms with van der Waals surface area (Å²) in [5, 5.41) is 2.88. The number of hydrogen-bond donors (Lipinski definition) is 1. The van der Waals surface area contributed by atoms with Gasteiger partial charge in [-0.1, -0.05) is 42.5 Å². The van der Waals surface area contributed by atoms with E-state index in [-0.39, 0.29) is 24.0 Å². The molecule has 1 aromatic carbocycles. The van der Waals surface area contributed by atoms with E-state index in [1.807, 2.05) is 44.2 Å². The SMILES string of the molecule is C=C(C)[C@@H]1CCC(=O)N1C(=O)N[C@H](C)c1ccccc1. The number of imide groups is 1. The first-order chi connectivity index (χ1) is 9.50. The largest absolute Gasteiger partial charge is 0.331 e. The van der Waals surface area contributed by atoms with Crippen LogP contribution in [0.25, 0.3) is 0 Å². The summed E-state index contributed by atoms with van der Waals surface area (Å²) in [4.78, 5) is 25.5. The Morgan fingerprint density at radius 3 is 2.65 bits per heavy atom. The Morgan fingerprint density at radius 1 is 1.40 bits per heavy atom. The Kier molecular flexibility index (Phi) is 4.23. The highest BCUT2D eigenvalue weighted by molar-refractivity contribution is 5.97. The van der Waals surface area contributed by atoms with Crippen LogP contribution in [0.15, 0.2) is 42.5 Å². The van der Waals surface area contributed by atoms with Crippen molar-refractivity contribution in [2.45, 2.75) is 38.8 Å². The minimum Gasteiger partial charge on any atom is -0.331 e. The quantitative estimate of drug-likeness (QED) is 0.860. The summed E-state index contributed by atoms with van der Waals surface area (Å²) in [6, 6.07) is 9.04. The molecule has 1 saturated heterocycles. The van der Waals surface area contributed by atoms with Gasteiger partial charge >= 0.3 is 6.03 Å². The molecule has 2 atom stereocenters. The van der Waals surface area contributed by atoms with Crippen LogP contribution in [0.4, 0.5) is 4.79 Å². The molecule has 1 N–H and O–H groups in total. The molecule has 106 valence electrons. The van der Waals surface area contributed by atoms with Crippen molar-refractivity contribution >= 4 is 11.9 Å². The normalized spacial score (nSPS) is 19.8. The van der Waals surface area contributed by atoms with Crippen molar-refractivity contribution in [2.75, 3.05) is 0 Å². The lowest BCUT2D eigenvalue weighted by atomic mass is 10.1. The molecule has 3 amide bonds. The number of nitrogens with zero attached hydrogens (tertiary/aromatic N) is 1. The minimum absolute atomic E-state index is 0.129. The number of benzene rings is 1. The molecule has 4 nitrogen and oxygen atoms in total. The van der Waals surface area contributed by atoms with Gasteiger partial charge in [0, 0.05) is 6.42 Å². The molecule has 20 heavy (non-hydrogen) atoms. The van der Waals surface area contributed by atoms with Crippen LogP contribution in [0, 0.1) is 0 Å². The summed E-state index contributed by atoms with van der Waals surface area (Å²) >= 11 is 0. The lowest BCUT2D eigenvalue weighted by Gasteiger charge is -2.25. The van der Waals surface area contributed by atoms with E-state index in [0.717, 1.165) is 11.1 Å². The fourth-order valence-corrected chi connectivity index (χ4v) is 2.48. The zero-order chi connectivity index (χ0) is 14.7. The molecular weight excluding hydrogens is 252 g/mol. The van der Waals surface area contributed by atoms with Gasteiger partial charge in [-0.15, -0.1) is 0 Å². The number of nitrogens with one attached hydrogen (secondary N) is 1. The molecule has 0 bridgehead atoms. The van der Waals surface area contributed by atoms with Gasteiger partial charge in [-0.05, 0) is 25.8 Å². The molecule has 0 aromatic heterocycles. The molecule has 0 saturated carbocycles. The van der Waals surface area contributed by atoms with Gasteiger partial charge in [-0.2, -0.15) is 0 Å². The van der Waals surface area contributed by atoms with Gasteiger partial charge in [0.15, 0.2) is 0 Å². The highest BCUT2D eigenvalue weighted by Crippen LogP contribution is 2.24. The first-order valence-corrected chi connectivity index (χ1v) is 6.83. The second-order valence-electron chi connectivity index (χ2n) is 5.25. The maximum atomic E-state index is 12.3. The van der Waals surface area contributed by atoms with Gasteiger partial charge in [0.25, 0.3) is 0 Å². The van der Waals surface area contributed by atoms with Crippen molar-refractivity contribution in [1.82, 2.24) is 10.2 Å². The number of carbonyl (C=O) groups is 2. The van der Waals surface area contributed by atoms with Crippen molar-refractivity contribution in [3.05, 3.63) is 48.0 Å². The van der Waals surface area contributed by atoms with E-state index in [0.29, 0.717) is 12.8 Å². The van der Waals surface area contributed by atoms with Crippen molar-refractivity contribution in [2.24, 2.45) is 0 Å². The van der Waals surface area contributed by atoms with Gasteiger partial charge in [-0.3, -0.25) is 9.69 Å². The molecule has 1 heterocycles. The second-order valence-corrected chi connectivity index (χ2v) is 5.25. The molecular formula is C16H20N2O2. The number of urea groups is 1. The Hall–Kier alpha value is -2.10. The molecule has 1 aliphatic heterocycles. The van der Waals surface area contributed by atoms with Crippen LogP contribution in [-0.2, 0) is 4.79 Å². The smallest absolute Gasteiger partial charge is 0.325 e. The summed E-state index contributed by atoms with van der Waals surface area (Å²) in [5.41, 5.74) is 1.86. The van der Waals surface area contributed by atoms with E-state index in [9.17, 15) is 9.59 Å². The van der Waals surface area contributed by atoms with Crippen LogP contribution >= 0.6 is 0 Å². The van der Waals surface area contributed by atoms with Crippen molar-refractivity contribution in [3.63, 3.8) is 0 Å². The molecule has 4 heteroatoms. The zero-order valence-corrected chi connectivity index (χ0v) is 11.9. The first-order valence-electron chi connectivity index (χ1n) is 6.83. The molecule has 1 aromatic rings. The minimum atomic E-state index is -0.336. The van der Waals surface area contributed by atoms with E-state index in [1.165, 1.54) is 4.90 Å². The van der Waals surface area contributed by atoms with E-state index in [4.69, 9.17) is 0 Å². The van der Waals surface area contributed by atoms with Crippen molar-refractivity contribution in [3.8, 4) is 0 Å². The van der Waals surface area contributed by atoms with E-state index in [1.54, 1.807) is 0 Å². The maximum absolute atomic E-state index is 12.3. The molecule has 0 spiro atoms. The Balaban J connectivity index is 2.07. The summed E-state index contributed by atoms with van der Waals surface area (Å²) < 4.78 is 0. The van der Waals surface area contributed by atoms with Crippen LogP contribution in [0.1, 0.15) is 38.3 Å². The van der Waals surface area contributed by atoms with Crippen LogP contribution in [0.5, 0.6) is 0 Å². The number of rotatable bonds is 3. The number of amides is 3. The standard InChI is InChI=1S/C16H20N2O2/c1-11(2)14-9-10-15(19)18(14)16(20)17-12(3)13-7-5-4-6-8-13/h4-8,12,14H,1,9-10H2,2-3H3,(H,17,20)/t12-,14+/m1/s1. The Labute approximate surface area is 119 Å². The predicted octanol–water partition coefficient (Wildman–Crippen LogP) is 3.02. The maximum Gasteiger partial charge on any atom is 0.325 e. The van der Waals surface area contributed by atoms with E-state index in [2.05, 4.69) is 11.9 Å². The predicted molar refractivity (Wildman–Crippen MR) is 78.1 cm³/mol. The molecule has 1 fully saturated rings. The van der Waals surface area contributed by atoms with Crippen molar-refractivity contribution in [1.29, 1.82) is 0 Å². The van der Waals surface area contributed by atoms with Gasteiger partial charge in [0.1, 0.15) is 0 Å². The molecule has 0 unspecified atom stereocenters. The van der Waals surface area contributed by atoms with Crippen LogP contribution in [-0.4, -0.2) is 22.9 Å². The van der Waals surface area contributed by atoms with Crippen molar-refractivity contribution < 1.29 is 9.59 Å². The highest BCUT2D eigenvalue weighted by atomic mass is 16.2. The van der Waals surface area contributed by atoms with Crippen LogP contribution < -0.4 is 5.32 Å². The molecule has 0 aliphatic carbocycles. The van der Waals surface area contributed by atoms with Gasteiger partial charge in [-0.25, -0.2) is 4.79 Å². The fourth-order valence-electron chi connectivity index (χ4n) is 2.48. The van der Waals surface area contributed by atoms with E-state index < -0.39 is 0 Å². The topological polar surface area (TPSA) is 49.4 Å². The number of likely N-dealkylation sites (tertiary alicyclic amines) is 1. The molecule has 0 radical (unpaired) electrons. The summed E-state index contributed by atoms with van der Waals surface area (Å²) in [5.74, 6) is -0.129. The summed E-state index contributed by atoms with van der Waals surface area (Å²) in [6.07, 6.45) is 1.08. The summed E-state index contributed by atoms with van der Waals surface area (Å²) in [6.45, 7) is 7.63. The fraction of sp³-hybridized carbons (Fsp3) is 0.375. The molecule has 1 aliphatic rings. The third-order valence-electron chi connectivity index (χ3n) is 3.64. The second kappa shape index (κ2) is 5.90.